The summed E-state index contributed by atoms with van der Waals surface area (Å²) >= 11 is 0. The second-order valence-corrected chi connectivity index (χ2v) is 12.9. The fraction of sp³-hybridized carbons (Fsp3) is 0.929. The van der Waals surface area contributed by atoms with Gasteiger partial charge in [0.1, 0.15) is 0 Å². The van der Waals surface area contributed by atoms with Gasteiger partial charge in [-0.05, 0) is 57.3 Å². The maximum atomic E-state index is 10.6. The van der Waals surface area contributed by atoms with E-state index in [-0.39, 0.29) is 43.0 Å². The first-order chi connectivity index (χ1) is 13.7. The van der Waals surface area contributed by atoms with Gasteiger partial charge in [-0.1, -0.05) is 77.2 Å². The third-order valence-corrected chi connectivity index (χ3v) is 4.40. The van der Waals surface area contributed by atoms with Crippen LogP contribution >= 0.6 is 0 Å². The van der Waals surface area contributed by atoms with E-state index in [9.17, 15) is 14.7 Å². The van der Waals surface area contributed by atoms with Crippen molar-refractivity contribution in [1.29, 1.82) is 0 Å². The van der Waals surface area contributed by atoms with Gasteiger partial charge in [0.25, 0.3) is 0 Å². The molecule has 6 heteroatoms. The Balaban J connectivity index is -0.0000000756. The Morgan fingerprint density at radius 1 is 0.676 bits per heavy atom. The second-order valence-electron chi connectivity index (χ2n) is 12.9. The van der Waals surface area contributed by atoms with Crippen molar-refractivity contribution in [2.75, 3.05) is 20.8 Å². The lowest BCUT2D eigenvalue weighted by molar-refractivity contribution is -0.149. The Bertz CT molecular complexity index is 477. The van der Waals surface area contributed by atoms with E-state index in [0.29, 0.717) is 18.4 Å². The molecule has 0 bridgehead atoms. The number of hydrogen-bond acceptors (Lipinski definition) is 6. The number of esters is 2. The number of rotatable bonds is 2. The van der Waals surface area contributed by atoms with Crippen LogP contribution in [-0.2, 0) is 19.1 Å². The minimum atomic E-state index is -0.562. The first kappa shape index (κ1) is 46.2. The molecule has 0 aromatic rings. The fourth-order valence-corrected chi connectivity index (χ4v) is 1.15. The molecule has 0 amide bonds. The van der Waals surface area contributed by atoms with Gasteiger partial charge in [0.15, 0.2) is 0 Å². The molecule has 0 fully saturated rings. The van der Waals surface area contributed by atoms with E-state index < -0.39 is 5.60 Å². The molecule has 0 aromatic heterocycles. The number of ether oxygens (including phenoxy) is 2. The lowest BCUT2D eigenvalue weighted by Crippen LogP contribution is -2.35. The molecule has 6 nitrogen and oxygen atoms in total. The summed E-state index contributed by atoms with van der Waals surface area (Å²) in [5, 5.41) is 17.8. The molecule has 0 rings (SSSR count). The molecule has 0 spiro atoms. The molecule has 0 unspecified atom stereocenters. The quantitative estimate of drug-likeness (QED) is 0.390. The predicted octanol–water partition coefficient (Wildman–Crippen LogP) is 7.29. The molecule has 0 radical (unpaired) electrons. The topological polar surface area (TPSA) is 93.1 Å². The number of methoxy groups -OCH3 is 2. The van der Waals surface area contributed by atoms with Crippen molar-refractivity contribution >= 4 is 11.9 Å². The molecule has 0 atom stereocenters. The van der Waals surface area contributed by atoms with Gasteiger partial charge in [0.2, 0.25) is 0 Å². The summed E-state index contributed by atoms with van der Waals surface area (Å²) in [4.78, 5) is 21.2. The van der Waals surface area contributed by atoms with Crippen molar-refractivity contribution in [2.24, 2.45) is 21.7 Å². The average molecular weight is 497 g/mol. The summed E-state index contributed by atoms with van der Waals surface area (Å²) in [5.74, 6) is -0.306. The van der Waals surface area contributed by atoms with Crippen molar-refractivity contribution in [3.63, 3.8) is 0 Å². The van der Waals surface area contributed by atoms with Crippen LogP contribution in [0.5, 0.6) is 0 Å². The molecule has 0 aliphatic carbocycles. The SMILES string of the molecule is C.C.CC(C)(C)C(C)(C)O.CC(C)(C)CCO.COC(=O)C(C)(C)C.COC(=O)CC(C)(C)C. The van der Waals surface area contributed by atoms with Gasteiger partial charge in [-0.25, -0.2) is 0 Å². The monoisotopic (exact) mass is 496 g/mol. The van der Waals surface area contributed by atoms with E-state index in [0.717, 1.165) is 6.42 Å². The van der Waals surface area contributed by atoms with Crippen LogP contribution in [0.15, 0.2) is 0 Å². The highest BCUT2D eigenvalue weighted by molar-refractivity contribution is 5.75. The molecule has 0 aliphatic rings. The van der Waals surface area contributed by atoms with Crippen molar-refractivity contribution < 1.29 is 29.3 Å². The maximum Gasteiger partial charge on any atom is 0.310 e. The van der Waals surface area contributed by atoms with Crippen LogP contribution in [-0.4, -0.2) is 48.6 Å². The standard InChI is InChI=1S/C7H14O2.C7H16O.C6H12O2.C6H14O.2CH4/c1-7(2,3)5-6(8)9-4;1-6(2,3)7(4,5)8;1-6(2,3)5(7)8-4;1-6(2,3)4-5-7;;/h5H2,1-4H3;8H,1-5H3;1-4H3;7H,4-5H2,1-3H3;2*1H4. The van der Waals surface area contributed by atoms with Gasteiger partial charge >= 0.3 is 11.9 Å². The lowest BCUT2D eigenvalue weighted by atomic mass is 9.79. The second kappa shape index (κ2) is 19.1. The number of carbonyl (C=O) groups excluding carboxylic acids is 2. The Morgan fingerprint density at radius 2 is 1.00 bits per heavy atom. The molecular weight excluding hydrogens is 432 g/mol. The van der Waals surface area contributed by atoms with Crippen LogP contribution in [0.1, 0.15) is 125 Å². The largest absolute Gasteiger partial charge is 0.469 e. The van der Waals surface area contributed by atoms with Crippen LogP contribution < -0.4 is 0 Å². The van der Waals surface area contributed by atoms with Gasteiger partial charge in [-0.2, -0.15) is 0 Å². The Morgan fingerprint density at radius 3 is 1.03 bits per heavy atom. The molecule has 212 valence electrons. The van der Waals surface area contributed by atoms with E-state index in [1.54, 1.807) is 0 Å². The summed E-state index contributed by atoms with van der Waals surface area (Å²) < 4.78 is 8.96. The van der Waals surface area contributed by atoms with Crippen LogP contribution in [0.3, 0.4) is 0 Å². The molecular formula is C28H64O6. The Hall–Kier alpha value is -1.14. The first-order valence-electron chi connectivity index (χ1n) is 11.2. The predicted molar refractivity (Wildman–Crippen MR) is 148 cm³/mol. The molecule has 34 heavy (non-hydrogen) atoms. The fourth-order valence-electron chi connectivity index (χ4n) is 1.15. The molecule has 0 aromatic carbocycles. The van der Waals surface area contributed by atoms with Crippen LogP contribution in [0.4, 0.5) is 0 Å². The van der Waals surface area contributed by atoms with E-state index in [4.69, 9.17) is 5.11 Å². The van der Waals surface area contributed by atoms with Crippen LogP contribution in [0.2, 0.25) is 0 Å². The molecule has 2 N–H and O–H groups in total. The van der Waals surface area contributed by atoms with Crippen molar-refractivity contribution in [3.05, 3.63) is 0 Å². The highest BCUT2D eigenvalue weighted by Crippen LogP contribution is 2.28. The van der Waals surface area contributed by atoms with E-state index in [1.807, 2.05) is 76.2 Å². The highest BCUT2D eigenvalue weighted by Gasteiger charge is 2.29. The molecule has 0 aliphatic heterocycles. The third-order valence-electron chi connectivity index (χ3n) is 4.40. The zero-order valence-electron chi connectivity index (χ0n) is 24.1. The zero-order chi connectivity index (χ0) is 27.2. The van der Waals surface area contributed by atoms with Gasteiger partial charge < -0.3 is 19.7 Å². The third kappa shape index (κ3) is 38.1. The first-order valence-corrected chi connectivity index (χ1v) is 11.2. The summed E-state index contributed by atoms with van der Waals surface area (Å²) in [5.41, 5.74) is -0.573. The van der Waals surface area contributed by atoms with Gasteiger partial charge in [0, 0.05) is 6.61 Å². The summed E-state index contributed by atoms with van der Waals surface area (Å²) in [7, 11) is 2.81. The van der Waals surface area contributed by atoms with E-state index in [2.05, 4.69) is 30.2 Å². The van der Waals surface area contributed by atoms with Gasteiger partial charge in [-0.15, -0.1) is 0 Å². The minimum Gasteiger partial charge on any atom is -0.469 e. The smallest absolute Gasteiger partial charge is 0.310 e. The Kier molecular flexibility index (Phi) is 26.0. The van der Waals surface area contributed by atoms with Crippen LogP contribution in [0, 0.1) is 21.7 Å². The zero-order valence-corrected chi connectivity index (χ0v) is 24.1. The maximum absolute atomic E-state index is 10.6. The molecule has 0 saturated carbocycles. The van der Waals surface area contributed by atoms with Crippen LogP contribution in [0.25, 0.3) is 0 Å². The number of aliphatic hydroxyl groups is 2. The lowest BCUT2D eigenvalue weighted by Gasteiger charge is -2.33. The normalized spacial score (nSPS) is 11.4. The highest BCUT2D eigenvalue weighted by atomic mass is 16.5. The summed E-state index contributed by atoms with van der Waals surface area (Å²) in [6, 6.07) is 0. The van der Waals surface area contributed by atoms with Crippen molar-refractivity contribution in [2.45, 2.75) is 130 Å². The molecule has 0 saturated heterocycles. The summed E-state index contributed by atoms with van der Waals surface area (Å²) in [6.07, 6.45) is 1.39. The minimum absolute atomic E-state index is 0. The number of hydrogen-bond donors (Lipinski definition) is 2. The van der Waals surface area contributed by atoms with Gasteiger partial charge in [0.05, 0.1) is 31.7 Å². The molecule has 0 heterocycles. The van der Waals surface area contributed by atoms with Gasteiger partial charge in [-0.3, -0.25) is 9.59 Å². The van der Waals surface area contributed by atoms with E-state index in [1.165, 1.54) is 14.2 Å². The van der Waals surface area contributed by atoms with E-state index >= 15 is 0 Å². The number of aliphatic hydroxyl groups excluding tert-OH is 1. The summed E-state index contributed by atoms with van der Waals surface area (Å²) in [6.45, 7) is 27.8. The van der Waals surface area contributed by atoms with Crippen molar-refractivity contribution in [1.82, 2.24) is 0 Å². The van der Waals surface area contributed by atoms with Crippen molar-refractivity contribution in [3.8, 4) is 0 Å². The Labute approximate surface area is 214 Å². The average Bonchev–Trinajstić information content (AvgIpc) is 2.50. The number of carbonyl (C=O) groups is 2.